The Bertz CT molecular complexity index is 314. The first kappa shape index (κ1) is 10.6. The van der Waals surface area contributed by atoms with E-state index in [2.05, 4.69) is 4.98 Å². The Labute approximate surface area is 79.4 Å². The van der Waals surface area contributed by atoms with Gasteiger partial charge in [0.15, 0.2) is 0 Å². The molecule has 0 aliphatic rings. The molecular weight excluding hydrogens is 192 g/mol. The number of carboxylic acid groups (broad SMARTS) is 1. The van der Waals surface area contributed by atoms with Crippen molar-refractivity contribution in [3.05, 3.63) is 30.1 Å². The molecule has 1 rings (SSSR count). The summed E-state index contributed by atoms with van der Waals surface area (Å²) in [5, 5.41) is 8.15. The van der Waals surface area contributed by atoms with Gasteiger partial charge in [0.2, 0.25) is 0 Å². The zero-order chi connectivity index (χ0) is 10.6. The van der Waals surface area contributed by atoms with Crippen molar-refractivity contribution in [1.82, 2.24) is 4.98 Å². The summed E-state index contributed by atoms with van der Waals surface area (Å²) in [5.41, 5.74) is 0.466. The molecule has 0 unspecified atom stereocenters. The minimum Gasteiger partial charge on any atom is -0.477 e. The molecule has 0 aliphatic heterocycles. The Kier molecular flexibility index (Phi) is 3.11. The van der Waals surface area contributed by atoms with E-state index in [1.165, 1.54) is 6.20 Å². The fraction of sp³-hybridized carbons (Fsp3) is 0.333. The van der Waals surface area contributed by atoms with Crippen LogP contribution in [0.25, 0.3) is 0 Å². The number of nitrogens with zero attached hydrogens (tertiary/aromatic N) is 1. The van der Waals surface area contributed by atoms with Crippen LogP contribution in [0.1, 0.15) is 12.1 Å². The highest BCUT2D eigenvalue weighted by Gasteiger charge is 2.38. The van der Waals surface area contributed by atoms with Crippen LogP contribution in [-0.4, -0.2) is 22.0 Å². The highest BCUT2D eigenvalue weighted by molar-refractivity contribution is 5.75. The van der Waals surface area contributed by atoms with Gasteiger partial charge in [0.25, 0.3) is 0 Å². The van der Waals surface area contributed by atoms with Gasteiger partial charge in [-0.2, -0.15) is 8.78 Å². The second-order valence-electron chi connectivity index (χ2n) is 2.83. The lowest BCUT2D eigenvalue weighted by molar-refractivity contribution is -0.165. The number of alkyl halides is 2. The third-order valence-corrected chi connectivity index (χ3v) is 1.73. The van der Waals surface area contributed by atoms with E-state index < -0.39 is 18.3 Å². The molecule has 0 aromatic carbocycles. The van der Waals surface area contributed by atoms with E-state index >= 15 is 0 Å². The first-order chi connectivity index (χ1) is 6.52. The maximum Gasteiger partial charge on any atom is 0.374 e. The first-order valence-corrected chi connectivity index (χ1v) is 4.03. The zero-order valence-corrected chi connectivity index (χ0v) is 7.28. The van der Waals surface area contributed by atoms with Gasteiger partial charge >= 0.3 is 11.9 Å². The zero-order valence-electron chi connectivity index (χ0n) is 7.28. The van der Waals surface area contributed by atoms with Crippen molar-refractivity contribution < 1.29 is 18.7 Å². The summed E-state index contributed by atoms with van der Waals surface area (Å²) in [6.07, 6.45) is 0.716. The molecule has 0 saturated heterocycles. The number of carbonyl (C=O) groups is 1. The number of aliphatic carboxylic acids is 1. The van der Waals surface area contributed by atoms with Gasteiger partial charge in [0, 0.05) is 18.3 Å². The van der Waals surface area contributed by atoms with Crippen LogP contribution in [0, 0.1) is 0 Å². The van der Waals surface area contributed by atoms with E-state index in [0.29, 0.717) is 5.69 Å². The van der Waals surface area contributed by atoms with Gasteiger partial charge in [-0.25, -0.2) is 4.79 Å². The van der Waals surface area contributed by atoms with Gasteiger partial charge in [0.1, 0.15) is 0 Å². The summed E-state index contributed by atoms with van der Waals surface area (Å²) >= 11 is 0. The van der Waals surface area contributed by atoms with Crippen molar-refractivity contribution in [2.45, 2.75) is 18.8 Å². The standard InChI is InChI=1S/C9H9F2NO2/c10-9(11,8(13)14)5-4-7-3-1-2-6-12-7/h1-3,6H,4-5H2,(H,13,14). The summed E-state index contributed by atoms with van der Waals surface area (Å²) in [6, 6.07) is 4.91. The van der Waals surface area contributed by atoms with Crippen LogP contribution in [-0.2, 0) is 11.2 Å². The number of aryl methyl sites for hydroxylation is 1. The number of halogens is 2. The smallest absolute Gasteiger partial charge is 0.374 e. The van der Waals surface area contributed by atoms with Crippen LogP contribution < -0.4 is 0 Å². The van der Waals surface area contributed by atoms with Crippen LogP contribution in [0.4, 0.5) is 8.78 Å². The molecule has 0 spiro atoms. The van der Waals surface area contributed by atoms with Gasteiger partial charge in [-0.05, 0) is 18.6 Å². The maximum absolute atomic E-state index is 12.6. The van der Waals surface area contributed by atoms with Crippen molar-refractivity contribution in [1.29, 1.82) is 0 Å². The predicted octanol–water partition coefficient (Wildman–Crippen LogP) is 1.73. The molecule has 3 nitrogen and oxygen atoms in total. The molecule has 1 heterocycles. The molecule has 0 bridgehead atoms. The van der Waals surface area contributed by atoms with Gasteiger partial charge in [-0.3, -0.25) is 4.98 Å². The fourth-order valence-corrected chi connectivity index (χ4v) is 0.938. The van der Waals surface area contributed by atoms with E-state index in [9.17, 15) is 13.6 Å². The molecule has 0 atom stereocenters. The van der Waals surface area contributed by atoms with Crippen molar-refractivity contribution in [2.24, 2.45) is 0 Å². The molecule has 0 amide bonds. The Morgan fingerprint density at radius 2 is 2.21 bits per heavy atom. The Morgan fingerprint density at radius 3 is 2.71 bits per heavy atom. The normalized spacial score (nSPS) is 11.3. The number of hydrogen-bond donors (Lipinski definition) is 1. The van der Waals surface area contributed by atoms with Crippen LogP contribution >= 0.6 is 0 Å². The maximum atomic E-state index is 12.6. The summed E-state index contributed by atoms with van der Waals surface area (Å²) < 4.78 is 25.2. The lowest BCUT2D eigenvalue weighted by Gasteiger charge is -2.09. The molecule has 5 heteroatoms. The summed E-state index contributed by atoms with van der Waals surface area (Å²) in [6.45, 7) is 0. The Morgan fingerprint density at radius 1 is 1.50 bits per heavy atom. The average Bonchev–Trinajstić information content (AvgIpc) is 2.16. The van der Waals surface area contributed by atoms with E-state index in [-0.39, 0.29) is 6.42 Å². The highest BCUT2D eigenvalue weighted by atomic mass is 19.3. The second-order valence-corrected chi connectivity index (χ2v) is 2.83. The highest BCUT2D eigenvalue weighted by Crippen LogP contribution is 2.20. The lowest BCUT2D eigenvalue weighted by Crippen LogP contribution is -2.28. The number of carboxylic acids is 1. The van der Waals surface area contributed by atoms with E-state index in [4.69, 9.17) is 5.11 Å². The molecule has 1 aromatic rings. The molecule has 0 aliphatic carbocycles. The van der Waals surface area contributed by atoms with E-state index in [0.717, 1.165) is 0 Å². The second kappa shape index (κ2) is 4.13. The minimum atomic E-state index is -3.67. The molecular formula is C9H9F2NO2. The van der Waals surface area contributed by atoms with Crippen molar-refractivity contribution in [3.63, 3.8) is 0 Å². The predicted molar refractivity (Wildman–Crippen MR) is 45.1 cm³/mol. The minimum absolute atomic E-state index is 0.0415. The quantitative estimate of drug-likeness (QED) is 0.807. The molecule has 76 valence electrons. The fourth-order valence-electron chi connectivity index (χ4n) is 0.938. The molecule has 14 heavy (non-hydrogen) atoms. The SMILES string of the molecule is O=C(O)C(F)(F)CCc1ccccn1. The van der Waals surface area contributed by atoms with Crippen molar-refractivity contribution in [2.75, 3.05) is 0 Å². The largest absolute Gasteiger partial charge is 0.477 e. The monoisotopic (exact) mass is 201 g/mol. The summed E-state index contributed by atoms with van der Waals surface area (Å²) in [5.74, 6) is -5.76. The van der Waals surface area contributed by atoms with E-state index in [1.54, 1.807) is 18.2 Å². The van der Waals surface area contributed by atoms with Crippen LogP contribution in [0.5, 0.6) is 0 Å². The Hall–Kier alpha value is -1.52. The molecule has 1 N–H and O–H groups in total. The number of hydrogen-bond acceptors (Lipinski definition) is 2. The molecule has 1 aromatic heterocycles. The van der Waals surface area contributed by atoms with Crippen LogP contribution in [0.15, 0.2) is 24.4 Å². The van der Waals surface area contributed by atoms with Crippen molar-refractivity contribution >= 4 is 5.97 Å². The van der Waals surface area contributed by atoms with E-state index in [1.807, 2.05) is 0 Å². The molecule has 0 saturated carbocycles. The lowest BCUT2D eigenvalue weighted by atomic mass is 10.1. The van der Waals surface area contributed by atoms with Crippen LogP contribution in [0.2, 0.25) is 0 Å². The molecule has 0 radical (unpaired) electrons. The van der Waals surface area contributed by atoms with Gasteiger partial charge in [0.05, 0.1) is 0 Å². The third-order valence-electron chi connectivity index (χ3n) is 1.73. The van der Waals surface area contributed by atoms with Crippen LogP contribution in [0.3, 0.4) is 0 Å². The van der Waals surface area contributed by atoms with Gasteiger partial charge < -0.3 is 5.11 Å². The topological polar surface area (TPSA) is 50.2 Å². The average molecular weight is 201 g/mol. The van der Waals surface area contributed by atoms with Crippen molar-refractivity contribution in [3.8, 4) is 0 Å². The third kappa shape index (κ3) is 2.76. The number of aromatic nitrogens is 1. The Balaban J connectivity index is 2.53. The number of rotatable bonds is 4. The summed E-state index contributed by atoms with van der Waals surface area (Å²) in [4.78, 5) is 13.9. The number of pyridine rings is 1. The first-order valence-electron chi connectivity index (χ1n) is 4.03. The van der Waals surface area contributed by atoms with Gasteiger partial charge in [-0.15, -0.1) is 0 Å². The summed E-state index contributed by atoms with van der Waals surface area (Å²) in [7, 11) is 0. The van der Waals surface area contributed by atoms with Gasteiger partial charge in [-0.1, -0.05) is 6.07 Å². The molecule has 0 fully saturated rings.